The zero-order chi connectivity index (χ0) is 8.10. The van der Waals surface area contributed by atoms with Crippen LogP contribution in [0.2, 0.25) is 0 Å². The lowest BCUT2D eigenvalue weighted by molar-refractivity contribution is 0.928. The van der Waals surface area contributed by atoms with Crippen molar-refractivity contribution in [3.8, 4) is 0 Å². The summed E-state index contributed by atoms with van der Waals surface area (Å²) in [5.41, 5.74) is 0. The second-order valence-corrected chi connectivity index (χ2v) is 3.63. The summed E-state index contributed by atoms with van der Waals surface area (Å²) < 4.78 is 0. The topological polar surface area (TPSA) is 0 Å². The number of hydrogen-bond acceptors (Lipinski definition) is 1. The molecule has 0 aromatic carbocycles. The van der Waals surface area contributed by atoms with Crippen LogP contribution in [0.25, 0.3) is 0 Å². The fourth-order valence-electron chi connectivity index (χ4n) is 0.992. The fourth-order valence-corrected chi connectivity index (χ4v) is 1.95. The number of rotatable bonds is 2. The van der Waals surface area contributed by atoms with Crippen LogP contribution in [-0.4, -0.2) is 0 Å². The Kier molecular flexibility index (Phi) is 3.50. The number of allylic oxidation sites excluding steroid dienone is 5. The predicted molar refractivity (Wildman–Crippen MR) is 53.4 cm³/mol. The van der Waals surface area contributed by atoms with Gasteiger partial charge in [0.15, 0.2) is 0 Å². The second-order valence-electron chi connectivity index (χ2n) is 2.65. The number of hydrogen-bond donors (Lipinski definition) is 0. The maximum atomic E-state index is 2.30. The first-order valence-corrected chi connectivity index (χ1v) is 4.87. The average molecular weight is 166 g/mol. The van der Waals surface area contributed by atoms with Crippen LogP contribution in [0.15, 0.2) is 34.6 Å². The molecule has 1 unspecified atom stereocenters. The first-order chi connectivity index (χ1) is 5.34. The van der Waals surface area contributed by atoms with Crippen molar-refractivity contribution in [2.75, 3.05) is 0 Å². The summed E-state index contributed by atoms with van der Waals surface area (Å²) in [6.45, 7) is 4.29. The zero-order valence-electron chi connectivity index (χ0n) is 7.08. The molecule has 0 bridgehead atoms. The first-order valence-electron chi connectivity index (χ1n) is 3.99. The molecular weight excluding hydrogens is 152 g/mol. The molecule has 60 valence electrons. The minimum absolute atomic E-state index is 0.644. The maximum Gasteiger partial charge on any atom is 0.00580 e. The van der Waals surface area contributed by atoms with Gasteiger partial charge in [0.05, 0.1) is 0 Å². The van der Waals surface area contributed by atoms with Gasteiger partial charge in [0.25, 0.3) is 0 Å². The molecule has 0 aliphatic carbocycles. The van der Waals surface area contributed by atoms with Crippen LogP contribution in [0, 0.1) is 5.92 Å². The summed E-state index contributed by atoms with van der Waals surface area (Å²) in [5, 5.41) is 2.17. The Morgan fingerprint density at radius 3 is 3.00 bits per heavy atom. The summed E-state index contributed by atoms with van der Waals surface area (Å²) in [6.07, 6.45) is 9.89. The van der Waals surface area contributed by atoms with E-state index in [0.717, 1.165) is 6.42 Å². The molecule has 0 aromatic rings. The van der Waals surface area contributed by atoms with Crippen LogP contribution in [0.3, 0.4) is 0 Å². The Bertz CT molecular complexity index is 199. The smallest absolute Gasteiger partial charge is 0.00580 e. The lowest BCUT2D eigenvalue weighted by Gasteiger charge is -2.00. The Morgan fingerprint density at radius 2 is 2.45 bits per heavy atom. The molecule has 0 saturated carbocycles. The van der Waals surface area contributed by atoms with Gasteiger partial charge in [-0.25, -0.2) is 0 Å². The van der Waals surface area contributed by atoms with Gasteiger partial charge >= 0.3 is 0 Å². The number of thioether (sulfide) groups is 1. The molecule has 0 saturated heterocycles. The minimum atomic E-state index is 0.644. The molecule has 0 amide bonds. The molecule has 1 aliphatic heterocycles. The van der Waals surface area contributed by atoms with Gasteiger partial charge < -0.3 is 0 Å². The SMILES string of the molecule is CC=CCC=C1SC=CC1C. The molecule has 1 heterocycles. The first kappa shape index (κ1) is 8.66. The molecule has 1 heteroatoms. The minimum Gasteiger partial charge on any atom is -0.103 e. The van der Waals surface area contributed by atoms with Crippen LogP contribution in [-0.2, 0) is 0 Å². The van der Waals surface area contributed by atoms with Crippen LogP contribution >= 0.6 is 11.8 Å². The summed E-state index contributed by atoms with van der Waals surface area (Å²) in [5.74, 6) is 0.644. The molecule has 0 spiro atoms. The van der Waals surface area contributed by atoms with Crippen LogP contribution in [0.5, 0.6) is 0 Å². The lowest BCUT2D eigenvalue weighted by Crippen LogP contribution is -1.84. The molecule has 0 N–H and O–H groups in total. The lowest BCUT2D eigenvalue weighted by atomic mass is 10.1. The molecular formula is C10H14S. The molecule has 1 atom stereocenters. The second kappa shape index (κ2) is 4.45. The van der Waals surface area contributed by atoms with E-state index in [2.05, 4.69) is 43.6 Å². The summed E-state index contributed by atoms with van der Waals surface area (Å²) in [4.78, 5) is 1.49. The largest absolute Gasteiger partial charge is 0.103 e. The molecule has 0 radical (unpaired) electrons. The summed E-state index contributed by atoms with van der Waals surface area (Å²) in [6, 6.07) is 0. The van der Waals surface area contributed by atoms with E-state index in [9.17, 15) is 0 Å². The highest BCUT2D eigenvalue weighted by atomic mass is 32.2. The normalized spacial score (nSPS) is 27.5. The van der Waals surface area contributed by atoms with Crippen LogP contribution < -0.4 is 0 Å². The highest BCUT2D eigenvalue weighted by Gasteiger charge is 2.08. The van der Waals surface area contributed by atoms with Crippen molar-refractivity contribution in [2.45, 2.75) is 20.3 Å². The Labute approximate surface area is 73.1 Å². The molecule has 11 heavy (non-hydrogen) atoms. The van der Waals surface area contributed by atoms with E-state index in [0.29, 0.717) is 5.92 Å². The quantitative estimate of drug-likeness (QED) is 0.563. The van der Waals surface area contributed by atoms with Gasteiger partial charge in [0.2, 0.25) is 0 Å². The zero-order valence-corrected chi connectivity index (χ0v) is 7.90. The van der Waals surface area contributed by atoms with Gasteiger partial charge in [-0.3, -0.25) is 0 Å². The molecule has 1 rings (SSSR count). The van der Waals surface area contributed by atoms with Crippen molar-refractivity contribution in [3.63, 3.8) is 0 Å². The van der Waals surface area contributed by atoms with Crippen molar-refractivity contribution in [1.29, 1.82) is 0 Å². The van der Waals surface area contributed by atoms with E-state index in [1.165, 1.54) is 4.91 Å². The monoisotopic (exact) mass is 166 g/mol. The van der Waals surface area contributed by atoms with Crippen molar-refractivity contribution >= 4 is 11.8 Å². The van der Waals surface area contributed by atoms with Gasteiger partial charge in [0, 0.05) is 5.92 Å². The van der Waals surface area contributed by atoms with E-state index in [4.69, 9.17) is 0 Å². The Balaban J connectivity index is 2.41. The summed E-state index contributed by atoms with van der Waals surface area (Å²) >= 11 is 1.85. The van der Waals surface area contributed by atoms with Gasteiger partial charge in [-0.05, 0) is 23.7 Å². The van der Waals surface area contributed by atoms with Crippen LogP contribution in [0.4, 0.5) is 0 Å². The average Bonchev–Trinajstić information content (AvgIpc) is 2.37. The van der Waals surface area contributed by atoms with Gasteiger partial charge in [0.1, 0.15) is 0 Å². The van der Waals surface area contributed by atoms with E-state index in [1.807, 2.05) is 11.8 Å². The Hall–Kier alpha value is -0.430. The standard InChI is InChI=1S/C10H14S/c1-3-4-5-6-10-9(2)7-8-11-10/h3-4,6-9H,5H2,1-2H3. The van der Waals surface area contributed by atoms with E-state index in [-0.39, 0.29) is 0 Å². The Morgan fingerprint density at radius 1 is 1.64 bits per heavy atom. The third-order valence-electron chi connectivity index (χ3n) is 1.71. The van der Waals surface area contributed by atoms with Gasteiger partial charge in [-0.1, -0.05) is 31.2 Å². The van der Waals surface area contributed by atoms with Gasteiger partial charge in [-0.2, -0.15) is 0 Å². The van der Waals surface area contributed by atoms with Crippen molar-refractivity contribution in [1.82, 2.24) is 0 Å². The molecule has 0 fully saturated rings. The molecule has 0 nitrogen and oxygen atoms in total. The van der Waals surface area contributed by atoms with Crippen molar-refractivity contribution < 1.29 is 0 Å². The van der Waals surface area contributed by atoms with Crippen LogP contribution in [0.1, 0.15) is 20.3 Å². The van der Waals surface area contributed by atoms with E-state index < -0.39 is 0 Å². The van der Waals surface area contributed by atoms with E-state index >= 15 is 0 Å². The maximum absolute atomic E-state index is 2.30. The van der Waals surface area contributed by atoms with Crippen molar-refractivity contribution in [3.05, 3.63) is 34.6 Å². The van der Waals surface area contributed by atoms with E-state index in [1.54, 1.807) is 0 Å². The fraction of sp³-hybridized carbons (Fsp3) is 0.400. The highest BCUT2D eigenvalue weighted by molar-refractivity contribution is 8.06. The summed E-state index contributed by atoms with van der Waals surface area (Å²) in [7, 11) is 0. The molecule has 1 aliphatic rings. The third-order valence-corrected chi connectivity index (χ3v) is 2.81. The highest BCUT2D eigenvalue weighted by Crippen LogP contribution is 2.33. The van der Waals surface area contributed by atoms with Crippen molar-refractivity contribution in [2.24, 2.45) is 5.92 Å². The predicted octanol–water partition coefficient (Wildman–Crippen LogP) is 3.73. The van der Waals surface area contributed by atoms with Gasteiger partial charge in [-0.15, -0.1) is 11.8 Å². The molecule has 0 aromatic heterocycles. The third kappa shape index (κ3) is 2.58.